The number of rotatable bonds is 4. The number of para-hydroxylation sites is 1. The Balaban J connectivity index is 1.67. The van der Waals surface area contributed by atoms with Crippen molar-refractivity contribution in [2.75, 3.05) is 7.11 Å². The molecular weight excluding hydrogens is 442 g/mol. The van der Waals surface area contributed by atoms with E-state index in [4.69, 9.17) is 4.74 Å². The number of pyridine rings is 1. The molecule has 0 fully saturated rings. The molecule has 1 aliphatic rings. The molecule has 0 radical (unpaired) electrons. The van der Waals surface area contributed by atoms with Crippen LogP contribution in [0.25, 0.3) is 28.4 Å². The summed E-state index contributed by atoms with van der Waals surface area (Å²) < 4.78 is 8.21. The first-order valence-corrected chi connectivity index (χ1v) is 11.5. The van der Waals surface area contributed by atoms with Gasteiger partial charge in [-0.25, -0.2) is 4.57 Å². The molecule has 8 nitrogen and oxygen atoms in total. The number of hydrogen-bond acceptors (Lipinski definition) is 6. The zero-order valence-corrected chi connectivity index (χ0v) is 19.3. The predicted octanol–water partition coefficient (Wildman–Crippen LogP) is 4.24. The van der Waals surface area contributed by atoms with Gasteiger partial charge in [-0.15, -0.1) is 10.2 Å². The zero-order valence-electron chi connectivity index (χ0n) is 19.3. The number of nitrogens with zero attached hydrogens (tertiary/aromatic N) is 5. The van der Waals surface area contributed by atoms with E-state index in [0.717, 1.165) is 42.6 Å². The lowest BCUT2D eigenvalue weighted by molar-refractivity contribution is 0.0962. The molecule has 0 unspecified atom stereocenters. The molecule has 4 aromatic rings. The first-order chi connectivity index (χ1) is 17.1. The fraction of sp³-hybridized carbons (Fsp3) is 0.222. The van der Waals surface area contributed by atoms with Crippen LogP contribution in [0.15, 0.2) is 65.0 Å². The van der Waals surface area contributed by atoms with Gasteiger partial charge in [0.2, 0.25) is 0 Å². The van der Waals surface area contributed by atoms with Crippen molar-refractivity contribution < 1.29 is 9.53 Å². The van der Waals surface area contributed by atoms with E-state index in [1.807, 2.05) is 22.8 Å². The van der Waals surface area contributed by atoms with Gasteiger partial charge in [0.1, 0.15) is 23.2 Å². The third-order valence-electron chi connectivity index (χ3n) is 6.24. The lowest BCUT2D eigenvalue weighted by Crippen LogP contribution is -2.29. The molecular formula is C27H23N5O3. The van der Waals surface area contributed by atoms with E-state index in [0.29, 0.717) is 33.6 Å². The molecule has 35 heavy (non-hydrogen) atoms. The molecule has 0 bridgehead atoms. The number of methoxy groups -OCH3 is 1. The van der Waals surface area contributed by atoms with Gasteiger partial charge in [0.05, 0.1) is 18.2 Å². The lowest BCUT2D eigenvalue weighted by Gasteiger charge is -2.12. The van der Waals surface area contributed by atoms with Gasteiger partial charge in [0.25, 0.3) is 11.5 Å². The highest BCUT2D eigenvalue weighted by Gasteiger charge is 2.24. The number of aryl methyl sites for hydroxylation is 1. The maximum absolute atomic E-state index is 13.8. The number of hydrogen-bond donors (Lipinski definition) is 0. The largest absolute Gasteiger partial charge is 0.497 e. The SMILES string of the molecule is COc1ccc(/C=C(\C#N)C(=O)n2c(=O)c(-c3nnc4n3CCCCC4)cc3ccccc32)cc1. The molecule has 3 heterocycles. The maximum atomic E-state index is 13.8. The molecule has 0 atom stereocenters. The Morgan fingerprint density at radius 2 is 1.89 bits per heavy atom. The smallest absolute Gasteiger partial charge is 0.276 e. The average molecular weight is 466 g/mol. The minimum Gasteiger partial charge on any atom is -0.497 e. The highest BCUT2D eigenvalue weighted by Crippen LogP contribution is 2.24. The van der Waals surface area contributed by atoms with Crippen LogP contribution in [0.4, 0.5) is 0 Å². The van der Waals surface area contributed by atoms with Gasteiger partial charge in [-0.2, -0.15) is 5.26 Å². The van der Waals surface area contributed by atoms with Crippen molar-refractivity contribution in [1.29, 1.82) is 5.26 Å². The topological polar surface area (TPSA) is 103 Å². The van der Waals surface area contributed by atoms with Crippen molar-refractivity contribution >= 4 is 22.9 Å². The Bertz CT molecular complexity index is 1550. The Morgan fingerprint density at radius 1 is 1.09 bits per heavy atom. The molecule has 2 aromatic heterocycles. The summed E-state index contributed by atoms with van der Waals surface area (Å²) in [7, 11) is 1.56. The third kappa shape index (κ3) is 4.13. The average Bonchev–Trinajstić information content (AvgIpc) is 3.14. The number of ether oxygens (including phenoxy) is 1. The van der Waals surface area contributed by atoms with E-state index >= 15 is 0 Å². The number of aromatic nitrogens is 4. The molecule has 0 saturated carbocycles. The second kappa shape index (κ2) is 9.39. The van der Waals surface area contributed by atoms with Crippen LogP contribution >= 0.6 is 0 Å². The van der Waals surface area contributed by atoms with Gasteiger partial charge < -0.3 is 9.30 Å². The lowest BCUT2D eigenvalue weighted by atomic mass is 10.1. The van der Waals surface area contributed by atoms with Gasteiger partial charge in [-0.3, -0.25) is 9.59 Å². The molecule has 2 aromatic carbocycles. The van der Waals surface area contributed by atoms with Crippen molar-refractivity contribution in [3.63, 3.8) is 0 Å². The minimum absolute atomic E-state index is 0.153. The van der Waals surface area contributed by atoms with Crippen LogP contribution in [0.3, 0.4) is 0 Å². The van der Waals surface area contributed by atoms with Crippen molar-refractivity contribution in [1.82, 2.24) is 19.3 Å². The summed E-state index contributed by atoms with van der Waals surface area (Å²) in [6.45, 7) is 0.721. The van der Waals surface area contributed by atoms with Crippen molar-refractivity contribution in [3.8, 4) is 23.2 Å². The van der Waals surface area contributed by atoms with Crippen LogP contribution in [-0.2, 0) is 13.0 Å². The highest BCUT2D eigenvalue weighted by atomic mass is 16.5. The Labute approximate surface area is 201 Å². The predicted molar refractivity (Wildman–Crippen MR) is 132 cm³/mol. The van der Waals surface area contributed by atoms with Gasteiger partial charge in [-0.1, -0.05) is 36.8 Å². The molecule has 5 rings (SSSR count). The molecule has 8 heteroatoms. The summed E-state index contributed by atoms with van der Waals surface area (Å²) in [6, 6.07) is 17.8. The normalized spacial score (nSPS) is 13.7. The summed E-state index contributed by atoms with van der Waals surface area (Å²) in [6.07, 6.45) is 5.36. The first kappa shape index (κ1) is 22.3. The number of fused-ring (bicyclic) bond motifs is 2. The summed E-state index contributed by atoms with van der Waals surface area (Å²) in [5.41, 5.74) is 0.688. The number of carbonyl (C=O) groups is 1. The van der Waals surface area contributed by atoms with E-state index in [2.05, 4.69) is 10.2 Å². The second-order valence-corrected chi connectivity index (χ2v) is 8.41. The fourth-order valence-corrected chi connectivity index (χ4v) is 4.44. The molecule has 174 valence electrons. The van der Waals surface area contributed by atoms with E-state index in [-0.39, 0.29) is 5.57 Å². The Kier molecular flexibility index (Phi) is 5.98. The van der Waals surface area contributed by atoms with Crippen molar-refractivity contribution in [2.24, 2.45) is 0 Å². The first-order valence-electron chi connectivity index (χ1n) is 11.5. The second-order valence-electron chi connectivity index (χ2n) is 8.41. The minimum atomic E-state index is -0.693. The molecule has 0 saturated heterocycles. The Hall–Kier alpha value is -4.51. The van der Waals surface area contributed by atoms with Crippen LogP contribution in [0.5, 0.6) is 5.75 Å². The van der Waals surface area contributed by atoms with Crippen LogP contribution in [0.1, 0.15) is 35.4 Å². The van der Waals surface area contributed by atoms with Gasteiger partial charge >= 0.3 is 0 Å². The van der Waals surface area contributed by atoms with Crippen LogP contribution < -0.4 is 10.3 Å². The van der Waals surface area contributed by atoms with E-state index < -0.39 is 11.5 Å². The molecule has 0 spiro atoms. The Morgan fingerprint density at radius 3 is 2.66 bits per heavy atom. The summed E-state index contributed by atoms with van der Waals surface area (Å²) in [4.78, 5) is 27.4. The van der Waals surface area contributed by atoms with Gasteiger partial charge in [-0.05, 0) is 54.1 Å². The van der Waals surface area contributed by atoms with Gasteiger partial charge in [0.15, 0.2) is 5.82 Å². The van der Waals surface area contributed by atoms with Gasteiger partial charge in [0, 0.05) is 13.0 Å². The van der Waals surface area contributed by atoms with E-state index in [1.54, 1.807) is 49.6 Å². The molecule has 0 N–H and O–H groups in total. The quantitative estimate of drug-likeness (QED) is 0.330. The van der Waals surface area contributed by atoms with E-state index in [9.17, 15) is 14.9 Å². The molecule has 0 amide bonds. The molecule has 1 aliphatic heterocycles. The highest BCUT2D eigenvalue weighted by molar-refractivity contribution is 6.07. The van der Waals surface area contributed by atoms with Crippen LogP contribution in [-0.4, -0.2) is 32.3 Å². The maximum Gasteiger partial charge on any atom is 0.276 e. The van der Waals surface area contributed by atoms with Crippen LogP contribution in [0, 0.1) is 11.3 Å². The van der Waals surface area contributed by atoms with Crippen LogP contribution in [0.2, 0.25) is 0 Å². The summed E-state index contributed by atoms with van der Waals surface area (Å²) >= 11 is 0. The molecule has 0 aliphatic carbocycles. The third-order valence-corrected chi connectivity index (χ3v) is 6.24. The summed E-state index contributed by atoms with van der Waals surface area (Å²) in [5.74, 6) is 1.27. The van der Waals surface area contributed by atoms with E-state index in [1.165, 1.54) is 6.08 Å². The number of carbonyl (C=O) groups excluding carboxylic acids is 1. The fourth-order valence-electron chi connectivity index (χ4n) is 4.44. The zero-order chi connectivity index (χ0) is 24.4. The number of allylic oxidation sites excluding steroid dienone is 1. The summed E-state index contributed by atoms with van der Waals surface area (Å²) in [5, 5.41) is 19.2. The number of nitriles is 1. The van der Waals surface area contributed by atoms with Crippen molar-refractivity contribution in [3.05, 3.63) is 81.9 Å². The monoisotopic (exact) mass is 465 g/mol. The van der Waals surface area contributed by atoms with Crippen molar-refractivity contribution in [2.45, 2.75) is 32.2 Å². The standard InChI is InChI=1S/C27H23N5O3/c1-35-21-12-10-18(11-13-21)15-20(17-28)26(33)32-23-8-5-4-7-19(23)16-22(27(32)34)25-30-29-24-9-3-2-6-14-31(24)25/h4-5,7-8,10-13,15-16H,2-3,6,9,14H2,1H3/b20-15+. The number of benzene rings is 2.